The smallest absolute Gasteiger partial charge is 0.00696 e. The second-order valence-corrected chi connectivity index (χ2v) is 4.84. The van der Waals surface area contributed by atoms with E-state index in [1.165, 1.54) is 64.2 Å². The SMILES string of the molecule is C1CCC(NC2CCCCC2)CC1.[Pd]. The van der Waals surface area contributed by atoms with Crippen LogP contribution in [0.2, 0.25) is 0 Å². The van der Waals surface area contributed by atoms with E-state index in [-0.39, 0.29) is 20.4 Å². The Morgan fingerprint density at radius 3 is 1.29 bits per heavy atom. The van der Waals surface area contributed by atoms with Gasteiger partial charge in [0, 0.05) is 32.5 Å². The molecule has 0 bridgehead atoms. The molecule has 0 saturated heterocycles. The Morgan fingerprint density at radius 1 is 0.571 bits per heavy atom. The van der Waals surface area contributed by atoms with Gasteiger partial charge in [-0.1, -0.05) is 38.5 Å². The first-order valence-electron chi connectivity index (χ1n) is 6.21. The molecule has 1 nitrogen and oxygen atoms in total. The summed E-state index contributed by atoms with van der Waals surface area (Å²) in [4.78, 5) is 0. The molecule has 0 aliphatic heterocycles. The summed E-state index contributed by atoms with van der Waals surface area (Å²) < 4.78 is 0. The number of nitrogens with one attached hydrogen (secondary N) is 1. The van der Waals surface area contributed by atoms with Crippen LogP contribution < -0.4 is 5.32 Å². The van der Waals surface area contributed by atoms with Crippen molar-refractivity contribution in [3.63, 3.8) is 0 Å². The van der Waals surface area contributed by atoms with Gasteiger partial charge in [-0.25, -0.2) is 0 Å². The van der Waals surface area contributed by atoms with Gasteiger partial charge in [0.1, 0.15) is 0 Å². The van der Waals surface area contributed by atoms with Gasteiger partial charge in [-0.3, -0.25) is 0 Å². The molecule has 2 aliphatic carbocycles. The van der Waals surface area contributed by atoms with Gasteiger partial charge in [-0.05, 0) is 25.7 Å². The standard InChI is InChI=1S/C12H23N.Pd/c1-3-7-11(8-4-1)13-12-9-5-2-6-10-12;/h11-13H,1-10H2;. The first-order valence-corrected chi connectivity index (χ1v) is 6.21. The minimum atomic E-state index is 0. The van der Waals surface area contributed by atoms with Gasteiger partial charge < -0.3 is 5.32 Å². The third-order valence-electron chi connectivity index (χ3n) is 3.68. The molecule has 0 spiro atoms. The topological polar surface area (TPSA) is 12.0 Å². The average molecular weight is 288 g/mol. The van der Waals surface area contributed by atoms with Crippen molar-refractivity contribution in [2.75, 3.05) is 0 Å². The zero-order valence-electron chi connectivity index (χ0n) is 9.04. The predicted molar refractivity (Wildman–Crippen MR) is 56.9 cm³/mol. The van der Waals surface area contributed by atoms with Crippen LogP contribution in [0, 0.1) is 0 Å². The Kier molecular flexibility index (Phi) is 6.34. The van der Waals surface area contributed by atoms with Crippen molar-refractivity contribution < 1.29 is 20.4 Å². The molecule has 0 radical (unpaired) electrons. The normalized spacial score (nSPS) is 25.7. The van der Waals surface area contributed by atoms with Crippen molar-refractivity contribution in [1.29, 1.82) is 0 Å². The van der Waals surface area contributed by atoms with E-state index < -0.39 is 0 Å². The molecule has 2 aliphatic rings. The van der Waals surface area contributed by atoms with Gasteiger partial charge in [-0.15, -0.1) is 0 Å². The van der Waals surface area contributed by atoms with Crippen molar-refractivity contribution in [3.05, 3.63) is 0 Å². The molecule has 2 fully saturated rings. The predicted octanol–water partition coefficient (Wildman–Crippen LogP) is 3.24. The van der Waals surface area contributed by atoms with E-state index in [0.29, 0.717) is 0 Å². The molecular formula is C12H23NPd. The van der Waals surface area contributed by atoms with Crippen molar-refractivity contribution >= 4 is 0 Å². The third-order valence-corrected chi connectivity index (χ3v) is 3.68. The Labute approximate surface area is 102 Å². The molecule has 0 aromatic heterocycles. The fourth-order valence-corrected chi connectivity index (χ4v) is 2.87. The summed E-state index contributed by atoms with van der Waals surface area (Å²) in [6.45, 7) is 0. The number of rotatable bonds is 2. The largest absolute Gasteiger partial charge is 0.311 e. The van der Waals surface area contributed by atoms with E-state index >= 15 is 0 Å². The van der Waals surface area contributed by atoms with Crippen LogP contribution in [0.4, 0.5) is 0 Å². The van der Waals surface area contributed by atoms with Crippen LogP contribution in [0.5, 0.6) is 0 Å². The van der Waals surface area contributed by atoms with Crippen LogP contribution in [0.25, 0.3) is 0 Å². The Bertz CT molecular complexity index is 121. The van der Waals surface area contributed by atoms with E-state index in [9.17, 15) is 0 Å². The molecule has 0 aromatic rings. The summed E-state index contributed by atoms with van der Waals surface area (Å²) in [5.41, 5.74) is 0. The van der Waals surface area contributed by atoms with E-state index in [0.717, 1.165) is 12.1 Å². The summed E-state index contributed by atoms with van der Waals surface area (Å²) in [5, 5.41) is 3.86. The molecule has 0 atom stereocenters. The van der Waals surface area contributed by atoms with Gasteiger partial charge >= 0.3 is 0 Å². The van der Waals surface area contributed by atoms with Crippen LogP contribution in [0.15, 0.2) is 0 Å². The summed E-state index contributed by atoms with van der Waals surface area (Å²) in [6.07, 6.45) is 14.6. The van der Waals surface area contributed by atoms with E-state index in [1.54, 1.807) is 0 Å². The van der Waals surface area contributed by atoms with Crippen molar-refractivity contribution in [3.8, 4) is 0 Å². The van der Waals surface area contributed by atoms with Gasteiger partial charge in [0.15, 0.2) is 0 Å². The van der Waals surface area contributed by atoms with Gasteiger partial charge in [0.25, 0.3) is 0 Å². The van der Waals surface area contributed by atoms with Crippen LogP contribution in [0.1, 0.15) is 64.2 Å². The minimum absolute atomic E-state index is 0. The van der Waals surface area contributed by atoms with Crippen molar-refractivity contribution in [1.82, 2.24) is 5.32 Å². The van der Waals surface area contributed by atoms with Gasteiger partial charge in [0.05, 0.1) is 0 Å². The number of hydrogen-bond acceptors (Lipinski definition) is 1. The Morgan fingerprint density at radius 2 is 0.929 bits per heavy atom. The summed E-state index contributed by atoms with van der Waals surface area (Å²) >= 11 is 0. The van der Waals surface area contributed by atoms with Crippen LogP contribution in [-0.2, 0) is 20.4 Å². The zero-order chi connectivity index (χ0) is 8.93. The maximum absolute atomic E-state index is 3.86. The average Bonchev–Trinajstić information content (AvgIpc) is 2.21. The van der Waals surface area contributed by atoms with Gasteiger partial charge in [-0.2, -0.15) is 0 Å². The second-order valence-electron chi connectivity index (χ2n) is 4.84. The van der Waals surface area contributed by atoms with E-state index in [2.05, 4.69) is 5.32 Å². The quantitative estimate of drug-likeness (QED) is 0.769. The summed E-state index contributed by atoms with van der Waals surface area (Å²) in [5.74, 6) is 0. The van der Waals surface area contributed by atoms with Crippen LogP contribution in [-0.4, -0.2) is 12.1 Å². The fraction of sp³-hybridized carbons (Fsp3) is 1.00. The molecule has 86 valence electrons. The Balaban J connectivity index is 0.000000980. The molecule has 0 unspecified atom stereocenters. The van der Waals surface area contributed by atoms with E-state index in [4.69, 9.17) is 0 Å². The number of hydrogen-bond donors (Lipinski definition) is 1. The third kappa shape index (κ3) is 4.01. The molecule has 1 N–H and O–H groups in total. The molecule has 2 heteroatoms. The molecule has 2 rings (SSSR count). The molecule has 14 heavy (non-hydrogen) atoms. The first kappa shape index (κ1) is 12.7. The maximum Gasteiger partial charge on any atom is 0.00696 e. The maximum atomic E-state index is 3.86. The molecule has 0 heterocycles. The van der Waals surface area contributed by atoms with Crippen molar-refractivity contribution in [2.24, 2.45) is 0 Å². The van der Waals surface area contributed by atoms with E-state index in [1.807, 2.05) is 0 Å². The van der Waals surface area contributed by atoms with Crippen LogP contribution >= 0.6 is 0 Å². The molecule has 2 saturated carbocycles. The molecule has 0 aromatic carbocycles. The molecular weight excluding hydrogens is 265 g/mol. The molecule has 0 amide bonds. The second kappa shape index (κ2) is 6.99. The summed E-state index contributed by atoms with van der Waals surface area (Å²) in [7, 11) is 0. The minimum Gasteiger partial charge on any atom is -0.311 e. The monoisotopic (exact) mass is 287 g/mol. The zero-order valence-corrected chi connectivity index (χ0v) is 10.6. The first-order chi connectivity index (χ1) is 6.45. The summed E-state index contributed by atoms with van der Waals surface area (Å²) in [6, 6.07) is 1.74. The fourth-order valence-electron chi connectivity index (χ4n) is 2.87. The van der Waals surface area contributed by atoms with Gasteiger partial charge in [0.2, 0.25) is 0 Å². The Hall–Kier alpha value is 0.622. The van der Waals surface area contributed by atoms with Crippen molar-refractivity contribution in [2.45, 2.75) is 76.3 Å². The van der Waals surface area contributed by atoms with Crippen LogP contribution in [0.3, 0.4) is 0 Å².